The van der Waals surface area contributed by atoms with E-state index in [1.807, 2.05) is 0 Å². The maximum Gasteiger partial charge on any atom is 0.433 e. The van der Waals surface area contributed by atoms with Gasteiger partial charge in [-0.15, -0.1) is 0 Å². The van der Waals surface area contributed by atoms with E-state index in [4.69, 9.17) is 10.9 Å². The third kappa shape index (κ3) is 3.94. The molecule has 1 aliphatic rings. The van der Waals surface area contributed by atoms with E-state index >= 15 is 0 Å². The van der Waals surface area contributed by atoms with Crippen LogP contribution in [0.3, 0.4) is 0 Å². The lowest BCUT2D eigenvalue weighted by molar-refractivity contribution is -0.141. The van der Waals surface area contributed by atoms with Crippen LogP contribution in [0.15, 0.2) is 6.07 Å². The van der Waals surface area contributed by atoms with Crippen molar-refractivity contribution in [3.05, 3.63) is 11.8 Å². The van der Waals surface area contributed by atoms with E-state index in [0.717, 1.165) is 18.9 Å². The number of nitrogen functional groups attached to an aromatic ring is 1. The maximum absolute atomic E-state index is 12.8. The zero-order chi connectivity index (χ0) is 15.5. The lowest BCUT2D eigenvalue weighted by atomic mass is 9.95. The minimum Gasteiger partial charge on any atom is -0.396 e. The van der Waals surface area contributed by atoms with Gasteiger partial charge in [-0.2, -0.15) is 18.2 Å². The van der Waals surface area contributed by atoms with Crippen LogP contribution in [0.25, 0.3) is 0 Å². The van der Waals surface area contributed by atoms with Gasteiger partial charge in [0.1, 0.15) is 5.82 Å². The fourth-order valence-electron chi connectivity index (χ4n) is 2.50. The van der Waals surface area contributed by atoms with Crippen molar-refractivity contribution < 1.29 is 18.3 Å². The van der Waals surface area contributed by atoms with Crippen LogP contribution in [0.4, 0.5) is 24.9 Å². The van der Waals surface area contributed by atoms with E-state index in [-0.39, 0.29) is 24.3 Å². The molecule has 1 aromatic rings. The Bertz CT molecular complexity index is 480. The Hall–Kier alpha value is -1.61. The number of aliphatic hydroxyl groups is 1. The van der Waals surface area contributed by atoms with Gasteiger partial charge in [0.2, 0.25) is 5.95 Å². The summed E-state index contributed by atoms with van der Waals surface area (Å²) in [5.41, 5.74) is 1.04. The Kier molecular flexibility index (Phi) is 4.84. The highest BCUT2D eigenvalue weighted by Gasteiger charge is 2.34. The minimum absolute atomic E-state index is 0.0751. The number of halogens is 3. The smallest absolute Gasteiger partial charge is 0.396 e. The predicted octanol–water partition coefficient (Wildman–Crippen LogP) is 1.38. The first kappa shape index (κ1) is 15.8. The summed E-state index contributed by atoms with van der Waals surface area (Å²) in [6, 6.07) is 0.933. The molecule has 1 atom stereocenters. The van der Waals surface area contributed by atoms with E-state index in [2.05, 4.69) is 15.4 Å². The summed E-state index contributed by atoms with van der Waals surface area (Å²) in [6.45, 7) is 1.27. The van der Waals surface area contributed by atoms with Crippen LogP contribution >= 0.6 is 0 Å². The van der Waals surface area contributed by atoms with Crippen molar-refractivity contribution in [1.29, 1.82) is 0 Å². The average Bonchev–Trinajstić information content (AvgIpc) is 2.46. The highest BCUT2D eigenvalue weighted by atomic mass is 19.4. The molecule has 4 N–H and O–H groups in total. The standard InChI is InChI=1S/C12H18F3N5O/c13-12(14,15)9-6-10(18-11(17-9)19-16)20-4-1-2-8(7-20)3-5-21/h6,8,21H,1-5,7,16H2,(H,17,18,19). The van der Waals surface area contributed by atoms with Crippen LogP contribution in [-0.2, 0) is 6.18 Å². The SMILES string of the molecule is NNc1nc(N2CCCC(CCO)C2)cc(C(F)(F)F)n1. The molecule has 1 aromatic heterocycles. The van der Waals surface area contributed by atoms with Crippen molar-refractivity contribution in [2.24, 2.45) is 11.8 Å². The van der Waals surface area contributed by atoms with Gasteiger partial charge in [-0.05, 0) is 25.2 Å². The van der Waals surface area contributed by atoms with Crippen LogP contribution in [0.5, 0.6) is 0 Å². The molecule has 2 heterocycles. The van der Waals surface area contributed by atoms with Crippen LogP contribution < -0.4 is 16.2 Å². The lowest BCUT2D eigenvalue weighted by Crippen LogP contribution is -2.36. The number of anilines is 2. The molecule has 0 radical (unpaired) electrons. The number of aromatic nitrogens is 2. The molecule has 0 saturated carbocycles. The lowest BCUT2D eigenvalue weighted by Gasteiger charge is -2.33. The Balaban J connectivity index is 2.25. The Labute approximate surface area is 120 Å². The number of alkyl halides is 3. The number of hydrogen-bond acceptors (Lipinski definition) is 6. The van der Waals surface area contributed by atoms with E-state index in [1.54, 1.807) is 4.90 Å². The molecular weight excluding hydrogens is 287 g/mol. The Morgan fingerprint density at radius 3 is 2.81 bits per heavy atom. The fourth-order valence-corrected chi connectivity index (χ4v) is 2.50. The number of aliphatic hydroxyl groups excluding tert-OH is 1. The number of nitrogens with one attached hydrogen (secondary N) is 1. The summed E-state index contributed by atoms with van der Waals surface area (Å²) < 4.78 is 38.5. The molecule has 1 saturated heterocycles. The number of nitrogens with two attached hydrogens (primary N) is 1. The number of hydrazine groups is 1. The molecule has 0 spiro atoms. The van der Waals surface area contributed by atoms with Crippen LogP contribution in [0.1, 0.15) is 25.0 Å². The second-order valence-corrected chi connectivity index (χ2v) is 5.04. The average molecular weight is 305 g/mol. The number of hydrogen-bond donors (Lipinski definition) is 3. The third-order valence-corrected chi connectivity index (χ3v) is 3.51. The zero-order valence-electron chi connectivity index (χ0n) is 11.4. The van der Waals surface area contributed by atoms with Crippen molar-refractivity contribution >= 4 is 11.8 Å². The van der Waals surface area contributed by atoms with Gasteiger partial charge >= 0.3 is 6.18 Å². The topological polar surface area (TPSA) is 87.3 Å². The molecule has 0 aromatic carbocycles. The van der Waals surface area contributed by atoms with Crippen molar-refractivity contribution in [2.75, 3.05) is 30.0 Å². The predicted molar refractivity (Wildman–Crippen MR) is 71.5 cm³/mol. The van der Waals surface area contributed by atoms with Gasteiger partial charge in [-0.3, -0.25) is 5.43 Å². The Morgan fingerprint density at radius 1 is 1.43 bits per heavy atom. The van der Waals surface area contributed by atoms with Crippen LogP contribution in [0.2, 0.25) is 0 Å². The zero-order valence-corrected chi connectivity index (χ0v) is 11.4. The second kappa shape index (κ2) is 6.44. The number of piperidine rings is 1. The van der Waals surface area contributed by atoms with E-state index in [9.17, 15) is 13.2 Å². The summed E-state index contributed by atoms with van der Waals surface area (Å²) in [4.78, 5) is 9.11. The first-order valence-electron chi connectivity index (χ1n) is 6.72. The van der Waals surface area contributed by atoms with E-state index in [0.29, 0.717) is 19.5 Å². The molecule has 0 amide bonds. The third-order valence-electron chi connectivity index (χ3n) is 3.51. The summed E-state index contributed by atoms with van der Waals surface area (Å²) in [7, 11) is 0. The normalized spacial score (nSPS) is 19.7. The molecule has 21 heavy (non-hydrogen) atoms. The molecule has 1 aliphatic heterocycles. The van der Waals surface area contributed by atoms with Gasteiger partial charge in [0.25, 0.3) is 0 Å². The van der Waals surface area contributed by atoms with Gasteiger partial charge in [-0.1, -0.05) is 0 Å². The van der Waals surface area contributed by atoms with Crippen molar-refractivity contribution in [2.45, 2.75) is 25.4 Å². The van der Waals surface area contributed by atoms with Crippen molar-refractivity contribution in [1.82, 2.24) is 9.97 Å². The van der Waals surface area contributed by atoms with Gasteiger partial charge in [0, 0.05) is 25.8 Å². The van der Waals surface area contributed by atoms with Crippen molar-refractivity contribution in [3.8, 4) is 0 Å². The molecular formula is C12H18F3N5O. The van der Waals surface area contributed by atoms with Gasteiger partial charge < -0.3 is 10.0 Å². The van der Waals surface area contributed by atoms with Gasteiger partial charge in [0.15, 0.2) is 5.69 Å². The number of rotatable bonds is 4. The van der Waals surface area contributed by atoms with E-state index < -0.39 is 11.9 Å². The molecule has 1 unspecified atom stereocenters. The Morgan fingerprint density at radius 2 is 2.19 bits per heavy atom. The van der Waals surface area contributed by atoms with Gasteiger partial charge in [-0.25, -0.2) is 10.8 Å². The molecule has 6 nitrogen and oxygen atoms in total. The summed E-state index contributed by atoms with van der Waals surface area (Å²) >= 11 is 0. The summed E-state index contributed by atoms with van der Waals surface area (Å²) in [5, 5.41) is 8.99. The molecule has 2 rings (SSSR count). The second-order valence-electron chi connectivity index (χ2n) is 5.04. The molecule has 118 valence electrons. The molecule has 9 heteroatoms. The van der Waals surface area contributed by atoms with E-state index in [1.165, 1.54) is 0 Å². The number of nitrogens with zero attached hydrogens (tertiary/aromatic N) is 3. The molecule has 0 aliphatic carbocycles. The fraction of sp³-hybridized carbons (Fsp3) is 0.667. The highest BCUT2D eigenvalue weighted by molar-refractivity contribution is 5.45. The highest BCUT2D eigenvalue weighted by Crippen LogP contribution is 2.32. The first-order valence-corrected chi connectivity index (χ1v) is 6.72. The monoisotopic (exact) mass is 305 g/mol. The maximum atomic E-state index is 12.8. The van der Waals surface area contributed by atoms with Crippen molar-refractivity contribution in [3.63, 3.8) is 0 Å². The van der Waals surface area contributed by atoms with Crippen LogP contribution in [-0.4, -0.2) is 34.8 Å². The molecule has 1 fully saturated rings. The quantitative estimate of drug-likeness (QED) is 0.575. The molecule has 0 bridgehead atoms. The summed E-state index contributed by atoms with van der Waals surface area (Å²) in [5.74, 6) is 5.34. The first-order chi connectivity index (χ1) is 9.94. The van der Waals surface area contributed by atoms with Crippen LogP contribution in [0, 0.1) is 5.92 Å². The largest absolute Gasteiger partial charge is 0.433 e. The summed E-state index contributed by atoms with van der Waals surface area (Å²) in [6.07, 6.45) is -2.11. The van der Waals surface area contributed by atoms with Gasteiger partial charge in [0.05, 0.1) is 0 Å². The minimum atomic E-state index is -4.55.